The third-order valence-corrected chi connectivity index (χ3v) is 18.0. The molecule has 3 N–H and O–H groups in total. The number of anilines is 2. The molecule has 0 bridgehead atoms. The molecular weight excluding hydrogens is 1050 g/mol. The number of hydrogen-bond donors (Lipinski definition) is 2. The number of nitriles is 1. The number of pyridine rings is 2. The molecule has 21 heteroatoms. The van der Waals surface area contributed by atoms with E-state index in [2.05, 4.69) is 16.5 Å². The van der Waals surface area contributed by atoms with Gasteiger partial charge >= 0.3 is 12.0 Å². The van der Waals surface area contributed by atoms with Crippen molar-refractivity contribution in [3.8, 4) is 40.3 Å². The minimum atomic E-state index is -1.95. The number of nitrogens with two attached hydrogens (primary N) is 1. The number of rotatable bonds is 11. The quantitative estimate of drug-likeness (QED) is 0.0918. The van der Waals surface area contributed by atoms with Crippen molar-refractivity contribution in [2.24, 2.45) is 0 Å². The zero-order valence-electron chi connectivity index (χ0n) is 43.1. The number of alkyl halides is 1. The number of nitrogen functional groups attached to an aromatic ring is 1. The monoisotopic (exact) mass is 1100 g/mol. The number of piperazine rings is 1. The lowest BCUT2D eigenvalue weighted by Crippen LogP contribution is -2.55. The summed E-state index contributed by atoms with van der Waals surface area (Å²) in [5.74, 6) is -1.83. The molecule has 12 rings (SSSR count). The number of thiophene rings is 1. The first-order valence-electron chi connectivity index (χ1n) is 26.0. The molecular formula is C57H53ClF3N9O7S. The SMILES string of the molecule is C=C(C(=O)N1CCN(c2nc(OC[C@@]34CCCN3C[C@H](F)C4)nc3c(F)c(-c4ccc(F)c5sc(N)c(C#N)c45)c(Cl)cc23)[C@@H](C)C1)[C@H](C)Oc1ccc2nc3c(c(CC)c2c1)Cn1c-3cc2c(c1=O)COC(=O)[C@]2(O)CC. The maximum absolute atomic E-state index is 17.5. The van der Waals surface area contributed by atoms with Gasteiger partial charge in [0.2, 0.25) is 0 Å². The van der Waals surface area contributed by atoms with Crippen LogP contribution in [0.15, 0.2) is 59.4 Å². The van der Waals surface area contributed by atoms with Crippen molar-refractivity contribution in [2.75, 3.05) is 50.0 Å². The van der Waals surface area contributed by atoms with Gasteiger partial charge in [0.05, 0.1) is 49.8 Å². The molecule has 5 atom stereocenters. The van der Waals surface area contributed by atoms with Gasteiger partial charge in [0.15, 0.2) is 11.4 Å². The topological polar surface area (TPSA) is 202 Å². The van der Waals surface area contributed by atoms with Crippen LogP contribution < -0.4 is 25.7 Å². The largest absolute Gasteiger partial charge is 0.486 e. The number of nitrogens with zero attached hydrogens (tertiary/aromatic N) is 8. The van der Waals surface area contributed by atoms with Crippen LogP contribution in [-0.4, -0.2) is 109 Å². The number of carbonyl (C=O) groups is 2. The van der Waals surface area contributed by atoms with Crippen LogP contribution in [0.3, 0.4) is 0 Å². The highest BCUT2D eigenvalue weighted by Crippen LogP contribution is 2.47. The van der Waals surface area contributed by atoms with Gasteiger partial charge < -0.3 is 39.4 Å². The van der Waals surface area contributed by atoms with Gasteiger partial charge in [-0.2, -0.15) is 15.2 Å². The summed E-state index contributed by atoms with van der Waals surface area (Å²) >= 11 is 7.89. The minimum Gasteiger partial charge on any atom is -0.486 e. The molecule has 0 radical (unpaired) electrons. The summed E-state index contributed by atoms with van der Waals surface area (Å²) in [5, 5.41) is 22.6. The summed E-state index contributed by atoms with van der Waals surface area (Å²) in [6.07, 6.45) is 0.722. The Morgan fingerprint density at radius 1 is 1.09 bits per heavy atom. The third kappa shape index (κ3) is 7.89. The number of aryl methyl sites for hydroxylation is 1. The molecule has 3 fully saturated rings. The van der Waals surface area contributed by atoms with E-state index in [1.807, 2.05) is 36.9 Å². The van der Waals surface area contributed by atoms with E-state index in [1.54, 1.807) is 35.4 Å². The highest BCUT2D eigenvalue weighted by molar-refractivity contribution is 7.23. The Bertz CT molecular complexity index is 3890. The molecule has 5 aliphatic heterocycles. The third-order valence-electron chi connectivity index (χ3n) is 16.7. The lowest BCUT2D eigenvalue weighted by molar-refractivity contribution is -0.172. The summed E-state index contributed by atoms with van der Waals surface area (Å²) in [7, 11) is 0. The van der Waals surface area contributed by atoms with Gasteiger partial charge in [-0.3, -0.25) is 14.5 Å². The molecule has 402 valence electrons. The van der Waals surface area contributed by atoms with Gasteiger partial charge in [0.25, 0.3) is 11.5 Å². The standard InChI is InChI=1S/C57H53ClF3N9O7S/c1-6-32-34-17-31(9-12-42(34)64-47-37(32)24-70-43(47)19-39-38(53(70)72)25-75-54(73)57(39,74)7-2)77-29(5)28(4)52(71)67-15-16-69(27(3)22-67)51-35-18-40(58)45(33-10-11-41(60)49-44(33)36(21-62)50(63)78-49)46(61)48(35)65-55(66-51)76-26-56-13-8-14-68(56)23-30(59)20-56/h9-12,17-19,27,29-30,74H,4,6-8,13-16,20,22-26,63H2,1-3,5H3/t27-,29-,30+,56-,57-/m0/s1. The van der Waals surface area contributed by atoms with Crippen LogP contribution in [0.1, 0.15) is 81.2 Å². The number of aliphatic hydroxyl groups is 1. The number of amides is 1. The van der Waals surface area contributed by atoms with Crippen molar-refractivity contribution in [1.29, 1.82) is 5.26 Å². The number of ether oxygens (including phenoxy) is 3. The highest BCUT2D eigenvalue weighted by atomic mass is 35.5. The van der Waals surface area contributed by atoms with Gasteiger partial charge in [-0.1, -0.05) is 38.1 Å². The highest BCUT2D eigenvalue weighted by Gasteiger charge is 2.50. The lowest BCUT2D eigenvalue weighted by Gasteiger charge is -2.41. The van der Waals surface area contributed by atoms with Crippen LogP contribution in [0.2, 0.25) is 5.02 Å². The van der Waals surface area contributed by atoms with Crippen LogP contribution in [0.4, 0.5) is 24.0 Å². The Kier molecular flexibility index (Phi) is 12.5. The molecule has 0 unspecified atom stereocenters. The van der Waals surface area contributed by atoms with Crippen molar-refractivity contribution >= 4 is 77.5 Å². The fraction of sp³-hybridized carbons (Fsp3) is 0.386. The number of esters is 1. The van der Waals surface area contributed by atoms with E-state index < -0.39 is 47.1 Å². The molecule has 0 saturated carbocycles. The van der Waals surface area contributed by atoms with Crippen molar-refractivity contribution in [1.82, 2.24) is 29.3 Å². The second-order valence-corrected chi connectivity index (χ2v) is 22.5. The number of benzene rings is 3. The normalized spacial score (nSPS) is 22.1. The van der Waals surface area contributed by atoms with E-state index in [0.29, 0.717) is 47.9 Å². The van der Waals surface area contributed by atoms with Crippen molar-refractivity contribution in [2.45, 2.75) is 102 Å². The minimum absolute atomic E-state index is 0.00195. The first-order chi connectivity index (χ1) is 37.4. The maximum Gasteiger partial charge on any atom is 0.343 e. The van der Waals surface area contributed by atoms with Crippen molar-refractivity contribution < 1.29 is 42.1 Å². The first-order valence-corrected chi connectivity index (χ1v) is 27.2. The second kappa shape index (κ2) is 19.0. The summed E-state index contributed by atoms with van der Waals surface area (Å²) < 4.78 is 67.3. The Morgan fingerprint density at radius 2 is 1.90 bits per heavy atom. The average molecular weight is 1100 g/mol. The number of hydrogen-bond acceptors (Lipinski definition) is 15. The van der Waals surface area contributed by atoms with E-state index in [1.165, 1.54) is 18.2 Å². The van der Waals surface area contributed by atoms with E-state index >= 15 is 8.78 Å². The molecule has 0 aliphatic carbocycles. The molecule has 1 amide bonds. The number of cyclic esters (lactones) is 1. The Hall–Kier alpha value is -7.31. The zero-order chi connectivity index (χ0) is 54.9. The second-order valence-electron chi connectivity index (χ2n) is 21.0. The molecule has 78 heavy (non-hydrogen) atoms. The number of fused-ring (bicyclic) bond motifs is 8. The molecule has 9 heterocycles. The van der Waals surface area contributed by atoms with Crippen LogP contribution in [0.5, 0.6) is 11.8 Å². The van der Waals surface area contributed by atoms with E-state index in [-0.39, 0.29) is 134 Å². The predicted molar refractivity (Wildman–Crippen MR) is 289 cm³/mol. The van der Waals surface area contributed by atoms with Crippen LogP contribution in [0, 0.1) is 23.0 Å². The van der Waals surface area contributed by atoms with Gasteiger partial charge in [0, 0.05) is 77.1 Å². The number of aromatic nitrogens is 4. The van der Waals surface area contributed by atoms with Gasteiger partial charge in [0.1, 0.15) is 59.5 Å². The molecule has 16 nitrogen and oxygen atoms in total. The van der Waals surface area contributed by atoms with E-state index in [4.69, 9.17) is 41.5 Å². The van der Waals surface area contributed by atoms with Crippen LogP contribution in [0.25, 0.3) is 54.4 Å². The molecule has 7 aromatic rings. The van der Waals surface area contributed by atoms with E-state index in [0.717, 1.165) is 40.8 Å². The van der Waals surface area contributed by atoms with Crippen LogP contribution >= 0.6 is 22.9 Å². The Labute approximate surface area is 454 Å². The molecule has 4 aromatic heterocycles. The summed E-state index contributed by atoms with van der Waals surface area (Å²) in [6.45, 7) is 13.3. The molecule has 5 aliphatic rings. The van der Waals surface area contributed by atoms with Crippen molar-refractivity contribution in [3.05, 3.63) is 109 Å². The Balaban J connectivity index is 0.810. The fourth-order valence-corrected chi connectivity index (χ4v) is 13.8. The molecule has 3 saturated heterocycles. The van der Waals surface area contributed by atoms with Crippen molar-refractivity contribution in [3.63, 3.8) is 0 Å². The molecule has 3 aromatic carbocycles. The number of carbonyl (C=O) groups excluding carboxylic acids is 2. The van der Waals surface area contributed by atoms with Gasteiger partial charge in [-0.25, -0.2) is 22.9 Å². The fourth-order valence-electron chi connectivity index (χ4n) is 12.6. The summed E-state index contributed by atoms with van der Waals surface area (Å²) in [4.78, 5) is 61.2. The van der Waals surface area contributed by atoms with E-state index in [9.17, 15) is 29.1 Å². The summed E-state index contributed by atoms with van der Waals surface area (Å²) in [6, 6.07) is 12.7. The average Bonchev–Trinajstić information content (AvgIpc) is 4.35. The maximum atomic E-state index is 17.5. The first kappa shape index (κ1) is 51.4. The van der Waals surface area contributed by atoms with Crippen LogP contribution in [-0.2, 0) is 39.5 Å². The summed E-state index contributed by atoms with van der Waals surface area (Å²) in [5.41, 5.74) is 7.44. The number of halogens is 4. The predicted octanol–water partition coefficient (Wildman–Crippen LogP) is 8.87. The smallest absolute Gasteiger partial charge is 0.343 e. The molecule has 0 spiro atoms. The Morgan fingerprint density at radius 3 is 2.65 bits per heavy atom. The van der Waals surface area contributed by atoms with Gasteiger partial charge in [-0.15, -0.1) is 11.3 Å². The lowest BCUT2D eigenvalue weighted by atomic mass is 9.86. The zero-order valence-corrected chi connectivity index (χ0v) is 44.7. The van der Waals surface area contributed by atoms with Gasteiger partial charge in [-0.05, 0) is 93.6 Å².